The minimum absolute atomic E-state index is 0.139. The molecule has 0 radical (unpaired) electrons. The van der Waals surface area contributed by atoms with Crippen LogP contribution in [-0.4, -0.2) is 27.9 Å². The number of ether oxygens (including phenoxy) is 1. The highest BCUT2D eigenvalue weighted by molar-refractivity contribution is 6.02. The van der Waals surface area contributed by atoms with Crippen LogP contribution < -0.4 is 15.5 Å². The Morgan fingerprint density at radius 1 is 1.13 bits per heavy atom. The van der Waals surface area contributed by atoms with Gasteiger partial charge in [-0.25, -0.2) is 0 Å². The number of carbonyl (C=O) groups excluding carboxylic acids is 1. The third kappa shape index (κ3) is 4.30. The van der Waals surface area contributed by atoms with Gasteiger partial charge in [-0.1, -0.05) is 43.2 Å². The summed E-state index contributed by atoms with van der Waals surface area (Å²) in [6, 6.07) is 17.0. The van der Waals surface area contributed by atoms with E-state index in [1.54, 1.807) is 31.4 Å². The molecule has 0 saturated heterocycles. The summed E-state index contributed by atoms with van der Waals surface area (Å²) in [5.41, 5.74) is 0.439. The minimum Gasteiger partial charge on any atom is -0.503 e. The quantitative estimate of drug-likeness (QED) is 0.635. The van der Waals surface area contributed by atoms with Gasteiger partial charge in [-0.3, -0.25) is 14.3 Å². The summed E-state index contributed by atoms with van der Waals surface area (Å²) in [5.74, 6) is -0.505. The Labute approximate surface area is 180 Å². The molecule has 31 heavy (non-hydrogen) atoms. The molecule has 160 valence electrons. The van der Waals surface area contributed by atoms with Crippen molar-refractivity contribution in [3.8, 4) is 11.5 Å². The van der Waals surface area contributed by atoms with Crippen LogP contribution in [0, 0.1) is 0 Å². The number of amides is 1. The molecule has 0 aliphatic heterocycles. The van der Waals surface area contributed by atoms with Gasteiger partial charge in [-0.15, -0.1) is 0 Å². The minimum atomic E-state index is -0.789. The molecule has 1 amide bonds. The molecule has 1 saturated carbocycles. The standard InChI is InChI=1S/C24H25N3O4/c1-31-19-11-9-18(10-12-19)25-23(30)21-22(29)20(28)15-27(26-21)16-24(13-5-6-14-24)17-7-3-2-4-8-17/h2-4,7-12,15,28H,5-6,13-14,16H2,1H3,(H,25,30). The van der Waals surface area contributed by atoms with Crippen LogP contribution in [0.25, 0.3) is 0 Å². The van der Waals surface area contributed by atoms with Gasteiger partial charge in [0.05, 0.1) is 19.9 Å². The molecule has 2 N–H and O–H groups in total. The van der Waals surface area contributed by atoms with Crippen LogP contribution in [-0.2, 0) is 12.0 Å². The molecule has 1 heterocycles. The summed E-state index contributed by atoms with van der Waals surface area (Å²) < 4.78 is 6.63. The van der Waals surface area contributed by atoms with Crippen LogP contribution in [0.5, 0.6) is 11.5 Å². The molecule has 4 rings (SSSR count). The summed E-state index contributed by atoms with van der Waals surface area (Å²) in [5, 5.41) is 17.2. The number of anilines is 1. The van der Waals surface area contributed by atoms with Gasteiger partial charge in [0.25, 0.3) is 11.3 Å². The van der Waals surface area contributed by atoms with Crippen molar-refractivity contribution in [3.63, 3.8) is 0 Å². The maximum atomic E-state index is 12.8. The smallest absolute Gasteiger partial charge is 0.280 e. The fraction of sp³-hybridized carbons (Fsp3) is 0.292. The van der Waals surface area contributed by atoms with Crippen molar-refractivity contribution >= 4 is 11.6 Å². The van der Waals surface area contributed by atoms with E-state index in [1.807, 2.05) is 18.2 Å². The molecule has 0 unspecified atom stereocenters. The van der Waals surface area contributed by atoms with E-state index in [4.69, 9.17) is 4.74 Å². The van der Waals surface area contributed by atoms with E-state index in [2.05, 4.69) is 22.5 Å². The first-order chi connectivity index (χ1) is 15.0. The van der Waals surface area contributed by atoms with Crippen molar-refractivity contribution < 1.29 is 14.6 Å². The Balaban J connectivity index is 1.63. The molecule has 0 spiro atoms. The van der Waals surface area contributed by atoms with Gasteiger partial charge in [0.15, 0.2) is 11.4 Å². The number of nitrogens with one attached hydrogen (secondary N) is 1. The van der Waals surface area contributed by atoms with Crippen LogP contribution in [0.3, 0.4) is 0 Å². The number of benzene rings is 2. The van der Waals surface area contributed by atoms with E-state index in [0.29, 0.717) is 18.0 Å². The number of aromatic nitrogens is 2. The topological polar surface area (TPSA) is 93.4 Å². The summed E-state index contributed by atoms with van der Waals surface area (Å²) in [4.78, 5) is 25.2. The summed E-state index contributed by atoms with van der Waals surface area (Å²) >= 11 is 0. The molecule has 7 nitrogen and oxygen atoms in total. The lowest BCUT2D eigenvalue weighted by atomic mass is 9.79. The molecular formula is C24H25N3O4. The Bertz CT molecular complexity index is 1120. The molecule has 7 heteroatoms. The van der Waals surface area contributed by atoms with Gasteiger partial charge in [-0.05, 0) is 42.7 Å². The third-order valence-electron chi connectivity index (χ3n) is 5.92. The predicted molar refractivity (Wildman–Crippen MR) is 118 cm³/mol. The van der Waals surface area contributed by atoms with E-state index < -0.39 is 17.1 Å². The molecular weight excluding hydrogens is 394 g/mol. The lowest BCUT2D eigenvalue weighted by Crippen LogP contribution is -2.32. The molecule has 1 aliphatic carbocycles. The first-order valence-corrected chi connectivity index (χ1v) is 10.3. The molecule has 0 bridgehead atoms. The maximum absolute atomic E-state index is 12.8. The van der Waals surface area contributed by atoms with Crippen LogP contribution in [0.2, 0.25) is 0 Å². The molecule has 2 aromatic carbocycles. The van der Waals surface area contributed by atoms with Gasteiger partial charge in [0.1, 0.15) is 5.75 Å². The van der Waals surface area contributed by atoms with Crippen molar-refractivity contribution in [1.29, 1.82) is 0 Å². The Morgan fingerprint density at radius 2 is 1.81 bits per heavy atom. The second-order valence-electron chi connectivity index (χ2n) is 7.93. The normalized spacial score (nSPS) is 14.9. The highest BCUT2D eigenvalue weighted by atomic mass is 16.5. The van der Waals surface area contributed by atoms with Gasteiger partial charge in [0.2, 0.25) is 0 Å². The Kier molecular flexibility index (Phi) is 5.75. The van der Waals surface area contributed by atoms with Crippen LogP contribution in [0.1, 0.15) is 41.7 Å². The predicted octanol–water partition coefficient (Wildman–Crippen LogP) is 3.72. The second kappa shape index (κ2) is 8.63. The number of carbonyl (C=O) groups is 1. The maximum Gasteiger partial charge on any atom is 0.280 e. The number of methoxy groups -OCH3 is 1. The highest BCUT2D eigenvalue weighted by Gasteiger charge is 2.36. The van der Waals surface area contributed by atoms with Crippen molar-refractivity contribution in [3.05, 3.63) is 82.3 Å². The fourth-order valence-electron chi connectivity index (χ4n) is 4.31. The zero-order valence-electron chi connectivity index (χ0n) is 17.4. The van der Waals surface area contributed by atoms with Gasteiger partial charge >= 0.3 is 0 Å². The number of aromatic hydroxyl groups is 1. The van der Waals surface area contributed by atoms with Crippen LogP contribution >= 0.6 is 0 Å². The zero-order valence-corrected chi connectivity index (χ0v) is 17.4. The average molecular weight is 419 g/mol. The molecule has 0 atom stereocenters. The van der Waals surface area contributed by atoms with Crippen molar-refractivity contribution in [2.75, 3.05) is 12.4 Å². The largest absolute Gasteiger partial charge is 0.503 e. The van der Waals surface area contributed by atoms with E-state index in [0.717, 1.165) is 25.7 Å². The van der Waals surface area contributed by atoms with Crippen LogP contribution in [0.15, 0.2) is 65.6 Å². The Hall–Kier alpha value is -3.61. The number of hydrogen-bond acceptors (Lipinski definition) is 5. The molecule has 1 fully saturated rings. The molecule has 1 aliphatic rings. The van der Waals surface area contributed by atoms with Gasteiger partial charge < -0.3 is 15.2 Å². The Morgan fingerprint density at radius 3 is 2.45 bits per heavy atom. The zero-order chi connectivity index (χ0) is 21.8. The third-order valence-corrected chi connectivity index (χ3v) is 5.92. The van der Waals surface area contributed by atoms with Crippen molar-refractivity contribution in [1.82, 2.24) is 9.78 Å². The number of hydrogen-bond donors (Lipinski definition) is 2. The highest BCUT2D eigenvalue weighted by Crippen LogP contribution is 2.42. The summed E-state index contributed by atoms with van der Waals surface area (Å²) in [6.45, 7) is 0.480. The van der Waals surface area contributed by atoms with E-state index >= 15 is 0 Å². The summed E-state index contributed by atoms with van der Waals surface area (Å²) in [6.07, 6.45) is 5.49. The average Bonchev–Trinajstić information content (AvgIpc) is 3.27. The number of rotatable bonds is 6. The first kappa shape index (κ1) is 20.7. The first-order valence-electron chi connectivity index (χ1n) is 10.3. The SMILES string of the molecule is COc1ccc(NC(=O)c2nn(CC3(c4ccccc4)CCCC3)cc(O)c2=O)cc1. The van der Waals surface area contributed by atoms with E-state index in [-0.39, 0.29) is 11.1 Å². The van der Waals surface area contributed by atoms with Crippen molar-refractivity contribution in [2.45, 2.75) is 37.6 Å². The lowest BCUT2D eigenvalue weighted by molar-refractivity contribution is 0.101. The van der Waals surface area contributed by atoms with Gasteiger partial charge in [0, 0.05) is 11.1 Å². The van der Waals surface area contributed by atoms with Crippen molar-refractivity contribution in [2.24, 2.45) is 0 Å². The van der Waals surface area contributed by atoms with E-state index in [1.165, 1.54) is 16.4 Å². The molecule has 1 aromatic heterocycles. The monoisotopic (exact) mass is 419 g/mol. The van der Waals surface area contributed by atoms with E-state index in [9.17, 15) is 14.7 Å². The van der Waals surface area contributed by atoms with Gasteiger partial charge in [-0.2, -0.15) is 5.10 Å². The summed E-state index contributed by atoms with van der Waals surface area (Å²) in [7, 11) is 1.55. The fourth-order valence-corrected chi connectivity index (χ4v) is 4.31. The number of nitrogens with zero attached hydrogens (tertiary/aromatic N) is 2. The second-order valence-corrected chi connectivity index (χ2v) is 7.93. The van der Waals surface area contributed by atoms with Crippen LogP contribution in [0.4, 0.5) is 5.69 Å². The molecule has 3 aromatic rings. The lowest BCUT2D eigenvalue weighted by Gasteiger charge is -2.30.